The van der Waals surface area contributed by atoms with E-state index >= 15 is 0 Å². The van der Waals surface area contributed by atoms with Crippen LogP contribution in [0.4, 0.5) is 0 Å². The van der Waals surface area contributed by atoms with Crippen LogP contribution in [-0.4, -0.2) is 26.2 Å². The van der Waals surface area contributed by atoms with Crippen LogP contribution >= 0.6 is 0 Å². The Morgan fingerprint density at radius 2 is 2.36 bits per heavy atom. The van der Waals surface area contributed by atoms with Crippen LogP contribution in [0.1, 0.15) is 19.3 Å². The van der Waals surface area contributed by atoms with Crippen molar-refractivity contribution < 1.29 is 9.53 Å². The molecule has 1 rings (SSSR count). The number of carbonyl (C=O) groups excluding carboxylic acids is 1. The van der Waals surface area contributed by atoms with Crippen LogP contribution in [-0.2, 0) is 9.53 Å². The quantitative estimate of drug-likeness (QED) is 0.592. The van der Waals surface area contributed by atoms with Gasteiger partial charge in [-0.3, -0.25) is 4.79 Å². The summed E-state index contributed by atoms with van der Waals surface area (Å²) in [5, 5.41) is 2.55. The van der Waals surface area contributed by atoms with Crippen molar-refractivity contribution in [1.82, 2.24) is 5.32 Å². The molecule has 1 aliphatic rings. The predicted molar refractivity (Wildman–Crippen MR) is 42.2 cm³/mol. The molecule has 1 saturated carbocycles. The molecule has 0 aromatic rings. The van der Waals surface area contributed by atoms with Gasteiger partial charge in [0.1, 0.15) is 0 Å². The maximum Gasteiger partial charge on any atom is 0.222 e. The molecule has 0 unspecified atom stereocenters. The summed E-state index contributed by atoms with van der Waals surface area (Å²) in [5.41, 5.74) is 0. The molecule has 1 amide bonds. The minimum absolute atomic E-state index is 0.0563. The average molecular weight is 157 g/mol. The number of hydrogen-bond donors (Lipinski definition) is 1. The maximum absolute atomic E-state index is 10.7. The largest absolute Gasteiger partial charge is 0.381 e. The lowest BCUT2D eigenvalue weighted by atomic mass is 10.4. The van der Waals surface area contributed by atoms with Gasteiger partial charge in [0.05, 0.1) is 6.61 Å². The molecule has 1 aliphatic carbocycles. The standard InChI is InChI=1S/C8H15NO2/c1-9-8(10)4-5-11-6-7-2-3-7/h7H,2-6H2,1H3,(H,9,10). The van der Waals surface area contributed by atoms with Crippen LogP contribution in [0.2, 0.25) is 0 Å². The number of ether oxygens (including phenoxy) is 1. The summed E-state index contributed by atoms with van der Waals surface area (Å²) in [4.78, 5) is 10.7. The highest BCUT2D eigenvalue weighted by atomic mass is 16.5. The first-order valence-electron chi connectivity index (χ1n) is 4.11. The minimum atomic E-state index is 0.0563. The van der Waals surface area contributed by atoms with E-state index in [1.54, 1.807) is 7.05 Å². The van der Waals surface area contributed by atoms with Crippen LogP contribution in [0.3, 0.4) is 0 Å². The summed E-state index contributed by atoms with van der Waals surface area (Å²) in [6, 6.07) is 0. The average Bonchev–Trinajstić information content (AvgIpc) is 2.81. The van der Waals surface area contributed by atoms with Gasteiger partial charge in [-0.15, -0.1) is 0 Å². The van der Waals surface area contributed by atoms with Crippen LogP contribution in [0.15, 0.2) is 0 Å². The Labute approximate surface area is 67.1 Å². The number of hydrogen-bond acceptors (Lipinski definition) is 2. The molecule has 0 aliphatic heterocycles. The molecule has 1 fully saturated rings. The molecule has 3 heteroatoms. The van der Waals surface area contributed by atoms with Gasteiger partial charge in [0.2, 0.25) is 5.91 Å². The summed E-state index contributed by atoms with van der Waals surface area (Å²) in [6.45, 7) is 1.41. The Morgan fingerprint density at radius 3 is 2.91 bits per heavy atom. The van der Waals surface area contributed by atoms with E-state index in [-0.39, 0.29) is 5.91 Å². The molecular formula is C8H15NO2. The fraction of sp³-hybridized carbons (Fsp3) is 0.875. The van der Waals surface area contributed by atoms with Crippen LogP contribution in [0.5, 0.6) is 0 Å². The Bertz CT molecular complexity index is 132. The Hall–Kier alpha value is -0.570. The highest BCUT2D eigenvalue weighted by Crippen LogP contribution is 2.28. The smallest absolute Gasteiger partial charge is 0.222 e. The van der Waals surface area contributed by atoms with E-state index in [1.165, 1.54) is 12.8 Å². The van der Waals surface area contributed by atoms with Gasteiger partial charge in [-0.05, 0) is 18.8 Å². The summed E-state index contributed by atoms with van der Waals surface area (Å²) in [6.07, 6.45) is 3.10. The second-order valence-electron chi connectivity index (χ2n) is 2.94. The lowest BCUT2D eigenvalue weighted by Gasteiger charge is -2.01. The highest BCUT2D eigenvalue weighted by Gasteiger charge is 2.20. The molecule has 64 valence electrons. The fourth-order valence-electron chi connectivity index (χ4n) is 0.824. The zero-order valence-corrected chi connectivity index (χ0v) is 6.93. The van der Waals surface area contributed by atoms with Crippen LogP contribution in [0.25, 0.3) is 0 Å². The van der Waals surface area contributed by atoms with Crippen molar-refractivity contribution in [3.05, 3.63) is 0 Å². The first-order chi connectivity index (χ1) is 5.33. The third-order valence-corrected chi connectivity index (χ3v) is 1.80. The lowest BCUT2D eigenvalue weighted by molar-refractivity contribution is -0.121. The lowest BCUT2D eigenvalue weighted by Crippen LogP contribution is -2.19. The monoisotopic (exact) mass is 157 g/mol. The SMILES string of the molecule is CNC(=O)CCOCC1CC1. The van der Waals surface area contributed by atoms with Crippen molar-refractivity contribution in [2.75, 3.05) is 20.3 Å². The molecule has 11 heavy (non-hydrogen) atoms. The first-order valence-corrected chi connectivity index (χ1v) is 4.11. The van der Waals surface area contributed by atoms with E-state index in [4.69, 9.17) is 4.74 Å². The molecule has 3 nitrogen and oxygen atoms in total. The highest BCUT2D eigenvalue weighted by molar-refractivity contribution is 5.75. The van der Waals surface area contributed by atoms with Crippen molar-refractivity contribution in [2.24, 2.45) is 5.92 Å². The Balaban J connectivity index is 1.82. The number of rotatable bonds is 5. The maximum atomic E-state index is 10.7. The van der Waals surface area contributed by atoms with Crippen molar-refractivity contribution in [1.29, 1.82) is 0 Å². The topological polar surface area (TPSA) is 38.3 Å². The van der Waals surface area contributed by atoms with Crippen molar-refractivity contribution in [3.8, 4) is 0 Å². The van der Waals surface area contributed by atoms with Gasteiger partial charge in [-0.1, -0.05) is 0 Å². The number of carbonyl (C=O) groups is 1. The Morgan fingerprint density at radius 1 is 1.64 bits per heavy atom. The number of amides is 1. The van der Waals surface area contributed by atoms with Crippen LogP contribution < -0.4 is 5.32 Å². The molecule has 0 aromatic heterocycles. The van der Waals surface area contributed by atoms with Crippen molar-refractivity contribution in [3.63, 3.8) is 0 Å². The summed E-state index contributed by atoms with van der Waals surface area (Å²) >= 11 is 0. The summed E-state index contributed by atoms with van der Waals surface area (Å²) < 4.78 is 5.27. The van der Waals surface area contributed by atoms with E-state index < -0.39 is 0 Å². The van der Waals surface area contributed by atoms with Crippen molar-refractivity contribution >= 4 is 5.91 Å². The van der Waals surface area contributed by atoms with E-state index in [1.807, 2.05) is 0 Å². The molecule has 0 saturated heterocycles. The Kier molecular flexibility index (Phi) is 3.36. The molecule has 0 radical (unpaired) electrons. The third kappa shape index (κ3) is 3.98. The molecule has 0 aromatic carbocycles. The van der Waals surface area contributed by atoms with Gasteiger partial charge in [0, 0.05) is 20.1 Å². The predicted octanol–water partition coefficient (Wildman–Crippen LogP) is 0.549. The van der Waals surface area contributed by atoms with Gasteiger partial charge in [0.25, 0.3) is 0 Å². The van der Waals surface area contributed by atoms with Gasteiger partial charge in [0.15, 0.2) is 0 Å². The molecule has 0 heterocycles. The third-order valence-electron chi connectivity index (χ3n) is 1.80. The molecule has 0 bridgehead atoms. The summed E-state index contributed by atoms with van der Waals surface area (Å²) in [5.74, 6) is 0.848. The normalized spacial score (nSPS) is 16.5. The van der Waals surface area contributed by atoms with E-state index in [9.17, 15) is 4.79 Å². The second kappa shape index (κ2) is 4.34. The van der Waals surface area contributed by atoms with E-state index in [0.717, 1.165) is 12.5 Å². The fourth-order valence-corrected chi connectivity index (χ4v) is 0.824. The molecule has 1 N–H and O–H groups in total. The molecule has 0 atom stereocenters. The zero-order chi connectivity index (χ0) is 8.10. The van der Waals surface area contributed by atoms with E-state index in [2.05, 4.69) is 5.32 Å². The van der Waals surface area contributed by atoms with E-state index in [0.29, 0.717) is 13.0 Å². The van der Waals surface area contributed by atoms with Crippen LogP contribution in [0, 0.1) is 5.92 Å². The van der Waals surface area contributed by atoms with Gasteiger partial charge in [-0.25, -0.2) is 0 Å². The second-order valence-corrected chi connectivity index (χ2v) is 2.94. The summed E-state index contributed by atoms with van der Waals surface area (Å²) in [7, 11) is 1.64. The first kappa shape index (κ1) is 8.53. The van der Waals surface area contributed by atoms with Gasteiger partial charge >= 0.3 is 0 Å². The van der Waals surface area contributed by atoms with Crippen molar-refractivity contribution in [2.45, 2.75) is 19.3 Å². The number of nitrogens with one attached hydrogen (secondary N) is 1. The zero-order valence-electron chi connectivity index (χ0n) is 6.93. The molecular weight excluding hydrogens is 142 g/mol. The minimum Gasteiger partial charge on any atom is -0.381 e. The van der Waals surface area contributed by atoms with Gasteiger partial charge < -0.3 is 10.1 Å². The molecule has 0 spiro atoms. The van der Waals surface area contributed by atoms with Gasteiger partial charge in [-0.2, -0.15) is 0 Å².